The summed E-state index contributed by atoms with van der Waals surface area (Å²) in [5.74, 6) is 1.02. The first-order valence-electron chi connectivity index (χ1n) is 6.91. The van der Waals surface area contributed by atoms with Crippen molar-refractivity contribution in [1.29, 1.82) is 0 Å². The van der Waals surface area contributed by atoms with E-state index in [1.165, 1.54) is 5.56 Å². The van der Waals surface area contributed by atoms with E-state index in [0.717, 1.165) is 16.6 Å². The lowest BCUT2D eigenvalue weighted by Crippen LogP contribution is -2.40. The van der Waals surface area contributed by atoms with Gasteiger partial charge in [-0.15, -0.1) is 0 Å². The minimum Gasteiger partial charge on any atom is -0.492 e. The number of hydrogen-bond acceptors (Lipinski definition) is 3. The van der Waals surface area contributed by atoms with E-state index in [1.807, 2.05) is 30.0 Å². The second-order valence-electron chi connectivity index (χ2n) is 4.88. The van der Waals surface area contributed by atoms with Crippen molar-refractivity contribution in [3.63, 3.8) is 0 Å². The molecular formula is C15H20BrNO3. The molecule has 0 saturated carbocycles. The average molecular weight is 342 g/mol. The summed E-state index contributed by atoms with van der Waals surface area (Å²) >= 11 is 3.48. The number of morpholine rings is 1. The summed E-state index contributed by atoms with van der Waals surface area (Å²) in [7, 11) is 0. The predicted molar refractivity (Wildman–Crippen MR) is 81.0 cm³/mol. The minimum absolute atomic E-state index is 0.194. The van der Waals surface area contributed by atoms with Crippen LogP contribution in [0.4, 0.5) is 0 Å². The highest BCUT2D eigenvalue weighted by Crippen LogP contribution is 2.25. The number of carbonyl (C=O) groups is 1. The molecule has 1 saturated heterocycles. The van der Waals surface area contributed by atoms with Gasteiger partial charge in [0.05, 0.1) is 24.3 Å². The third kappa shape index (κ3) is 4.49. The first-order valence-corrected chi connectivity index (χ1v) is 7.70. The second kappa shape index (κ2) is 7.64. The molecule has 2 rings (SSSR count). The van der Waals surface area contributed by atoms with Gasteiger partial charge in [0.25, 0.3) is 0 Å². The highest BCUT2D eigenvalue weighted by atomic mass is 79.9. The highest BCUT2D eigenvalue weighted by Gasteiger charge is 2.16. The van der Waals surface area contributed by atoms with Crippen LogP contribution in [-0.2, 0) is 9.53 Å². The molecule has 1 aromatic carbocycles. The number of ether oxygens (including phenoxy) is 2. The molecule has 20 heavy (non-hydrogen) atoms. The Kier molecular flexibility index (Phi) is 5.86. The molecule has 1 fully saturated rings. The van der Waals surface area contributed by atoms with Gasteiger partial charge in [0.2, 0.25) is 5.91 Å². The number of benzene rings is 1. The van der Waals surface area contributed by atoms with Crippen LogP contribution in [0.15, 0.2) is 22.7 Å². The van der Waals surface area contributed by atoms with Gasteiger partial charge in [-0.25, -0.2) is 0 Å². The van der Waals surface area contributed by atoms with Crippen molar-refractivity contribution in [3.05, 3.63) is 28.2 Å². The van der Waals surface area contributed by atoms with E-state index < -0.39 is 0 Å². The molecule has 0 radical (unpaired) electrons. The molecule has 1 heterocycles. The Morgan fingerprint density at radius 3 is 2.85 bits per heavy atom. The molecule has 110 valence electrons. The van der Waals surface area contributed by atoms with Crippen molar-refractivity contribution in [1.82, 2.24) is 4.90 Å². The zero-order chi connectivity index (χ0) is 14.4. The maximum Gasteiger partial charge on any atom is 0.222 e. The number of rotatable bonds is 5. The van der Waals surface area contributed by atoms with Gasteiger partial charge >= 0.3 is 0 Å². The SMILES string of the molecule is Cc1ccc(OCCCC(=O)N2CCOCC2)c(Br)c1. The molecule has 0 bridgehead atoms. The summed E-state index contributed by atoms with van der Waals surface area (Å²) in [4.78, 5) is 13.8. The zero-order valence-electron chi connectivity index (χ0n) is 11.7. The molecule has 1 amide bonds. The number of nitrogens with zero attached hydrogens (tertiary/aromatic N) is 1. The van der Waals surface area contributed by atoms with Crippen molar-refractivity contribution in [2.75, 3.05) is 32.9 Å². The van der Waals surface area contributed by atoms with E-state index in [1.54, 1.807) is 0 Å². The first kappa shape index (κ1) is 15.3. The zero-order valence-corrected chi connectivity index (χ0v) is 13.3. The summed E-state index contributed by atoms with van der Waals surface area (Å²) in [6.45, 7) is 5.32. The Balaban J connectivity index is 1.69. The minimum atomic E-state index is 0.194. The maximum atomic E-state index is 11.9. The number of carbonyl (C=O) groups excluding carboxylic acids is 1. The molecule has 0 N–H and O–H groups in total. The van der Waals surface area contributed by atoms with Crippen molar-refractivity contribution in [2.45, 2.75) is 19.8 Å². The van der Waals surface area contributed by atoms with Crippen molar-refractivity contribution in [2.24, 2.45) is 0 Å². The topological polar surface area (TPSA) is 38.8 Å². The van der Waals surface area contributed by atoms with E-state index in [-0.39, 0.29) is 5.91 Å². The van der Waals surface area contributed by atoms with Gasteiger partial charge in [-0.2, -0.15) is 0 Å². The fourth-order valence-electron chi connectivity index (χ4n) is 2.10. The maximum absolute atomic E-state index is 11.9. The van der Waals surface area contributed by atoms with E-state index in [2.05, 4.69) is 15.9 Å². The fourth-order valence-corrected chi connectivity index (χ4v) is 2.71. The molecule has 1 aliphatic heterocycles. The average Bonchev–Trinajstić information content (AvgIpc) is 2.46. The van der Waals surface area contributed by atoms with E-state index in [9.17, 15) is 4.79 Å². The highest BCUT2D eigenvalue weighted by molar-refractivity contribution is 9.10. The predicted octanol–water partition coefficient (Wildman–Crippen LogP) is 2.78. The lowest BCUT2D eigenvalue weighted by molar-refractivity contribution is -0.135. The molecular weight excluding hydrogens is 322 g/mol. The molecule has 0 spiro atoms. The van der Waals surface area contributed by atoms with Crippen LogP contribution in [0.2, 0.25) is 0 Å². The van der Waals surface area contributed by atoms with Crippen LogP contribution in [-0.4, -0.2) is 43.7 Å². The van der Waals surface area contributed by atoms with Gasteiger partial charge in [-0.1, -0.05) is 6.07 Å². The lowest BCUT2D eigenvalue weighted by Gasteiger charge is -2.26. The number of aryl methyl sites for hydroxylation is 1. The summed E-state index contributed by atoms with van der Waals surface area (Å²) in [5.41, 5.74) is 1.19. The van der Waals surface area contributed by atoms with E-state index >= 15 is 0 Å². The van der Waals surface area contributed by atoms with Gasteiger partial charge in [0.15, 0.2) is 0 Å². The molecule has 0 aliphatic carbocycles. The van der Waals surface area contributed by atoms with Crippen LogP contribution in [0, 0.1) is 6.92 Å². The Labute approximate surface area is 128 Å². The lowest BCUT2D eigenvalue weighted by atomic mass is 10.2. The number of amides is 1. The standard InChI is InChI=1S/C15H20BrNO3/c1-12-4-5-14(13(16)11-12)20-8-2-3-15(18)17-6-9-19-10-7-17/h4-5,11H,2-3,6-10H2,1H3. The van der Waals surface area contributed by atoms with Crippen LogP contribution >= 0.6 is 15.9 Å². The molecule has 5 heteroatoms. The van der Waals surface area contributed by atoms with Crippen LogP contribution in [0.3, 0.4) is 0 Å². The number of hydrogen-bond donors (Lipinski definition) is 0. The summed E-state index contributed by atoms with van der Waals surface area (Å²) in [6, 6.07) is 5.98. The molecule has 0 unspecified atom stereocenters. The molecule has 1 aromatic rings. The van der Waals surface area contributed by atoms with Crippen molar-refractivity contribution >= 4 is 21.8 Å². The van der Waals surface area contributed by atoms with Gasteiger partial charge < -0.3 is 14.4 Å². The molecule has 0 aromatic heterocycles. The molecule has 4 nitrogen and oxygen atoms in total. The van der Waals surface area contributed by atoms with Gasteiger partial charge in [0, 0.05) is 19.5 Å². The Morgan fingerprint density at radius 2 is 2.15 bits per heavy atom. The number of halogens is 1. The Morgan fingerprint density at radius 1 is 1.40 bits per heavy atom. The van der Waals surface area contributed by atoms with Crippen molar-refractivity contribution in [3.8, 4) is 5.75 Å². The Hall–Kier alpha value is -1.07. The quantitative estimate of drug-likeness (QED) is 0.773. The van der Waals surface area contributed by atoms with E-state index in [0.29, 0.717) is 39.3 Å². The Bertz CT molecular complexity index is 458. The van der Waals surface area contributed by atoms with Gasteiger partial charge in [-0.05, 0) is 47.0 Å². The van der Waals surface area contributed by atoms with Crippen LogP contribution < -0.4 is 4.74 Å². The third-order valence-electron chi connectivity index (χ3n) is 3.24. The smallest absolute Gasteiger partial charge is 0.222 e. The van der Waals surface area contributed by atoms with Gasteiger partial charge in [0.1, 0.15) is 5.75 Å². The third-order valence-corrected chi connectivity index (χ3v) is 3.86. The second-order valence-corrected chi connectivity index (χ2v) is 5.73. The van der Waals surface area contributed by atoms with Gasteiger partial charge in [-0.3, -0.25) is 4.79 Å². The normalized spacial score (nSPS) is 15.2. The fraction of sp³-hybridized carbons (Fsp3) is 0.533. The van der Waals surface area contributed by atoms with E-state index in [4.69, 9.17) is 9.47 Å². The first-order chi connectivity index (χ1) is 9.66. The van der Waals surface area contributed by atoms with Crippen molar-refractivity contribution < 1.29 is 14.3 Å². The van der Waals surface area contributed by atoms with Crippen LogP contribution in [0.25, 0.3) is 0 Å². The monoisotopic (exact) mass is 341 g/mol. The summed E-state index contributed by atoms with van der Waals surface area (Å²) in [5, 5.41) is 0. The molecule has 0 atom stereocenters. The largest absolute Gasteiger partial charge is 0.492 e. The summed E-state index contributed by atoms with van der Waals surface area (Å²) in [6.07, 6.45) is 1.26. The van der Waals surface area contributed by atoms with Crippen LogP contribution in [0.1, 0.15) is 18.4 Å². The summed E-state index contributed by atoms with van der Waals surface area (Å²) < 4.78 is 11.9. The molecule has 1 aliphatic rings. The van der Waals surface area contributed by atoms with Crippen LogP contribution in [0.5, 0.6) is 5.75 Å².